The number of nitrogens with two attached hydrogens (primary N) is 1. The van der Waals surface area contributed by atoms with Gasteiger partial charge >= 0.3 is 6.03 Å². The number of amides is 5. The van der Waals surface area contributed by atoms with Gasteiger partial charge in [-0.3, -0.25) is 19.8 Å². The van der Waals surface area contributed by atoms with Crippen LogP contribution in [0.1, 0.15) is 43.0 Å². The number of urea groups is 1. The Morgan fingerprint density at radius 1 is 1.33 bits per heavy atom. The molecule has 1 spiro atoms. The number of rotatable bonds is 6. The Morgan fingerprint density at radius 2 is 2.00 bits per heavy atom. The number of nitrogens with zero attached hydrogens (tertiary/aromatic N) is 1. The zero-order valence-electron chi connectivity index (χ0n) is 16.6. The van der Waals surface area contributed by atoms with E-state index in [0.717, 1.165) is 12.8 Å². The number of primary amides is 1. The SMILES string of the molecule is COc1cc(C(=O)NN2C(=O)NC3(CCC(C)CC3)C2=O)cc(Cl)c1OCC(N)=O. The summed E-state index contributed by atoms with van der Waals surface area (Å²) in [6, 6.07) is 1.91. The minimum atomic E-state index is -0.974. The van der Waals surface area contributed by atoms with Gasteiger partial charge in [-0.1, -0.05) is 18.5 Å². The van der Waals surface area contributed by atoms with Gasteiger partial charge in [0.1, 0.15) is 5.54 Å². The average molecular weight is 439 g/mol. The molecule has 5 amide bonds. The van der Waals surface area contributed by atoms with Gasteiger partial charge in [0, 0.05) is 5.56 Å². The van der Waals surface area contributed by atoms with E-state index in [4.69, 9.17) is 26.8 Å². The van der Waals surface area contributed by atoms with E-state index >= 15 is 0 Å². The molecule has 1 aliphatic heterocycles. The van der Waals surface area contributed by atoms with Gasteiger partial charge in [-0.05, 0) is 43.7 Å². The fourth-order valence-corrected chi connectivity index (χ4v) is 3.88. The molecule has 1 heterocycles. The van der Waals surface area contributed by atoms with Crippen molar-refractivity contribution in [1.82, 2.24) is 15.8 Å². The smallest absolute Gasteiger partial charge is 0.344 e. The van der Waals surface area contributed by atoms with Crippen LogP contribution in [-0.2, 0) is 9.59 Å². The van der Waals surface area contributed by atoms with Crippen LogP contribution in [0.15, 0.2) is 12.1 Å². The molecule has 30 heavy (non-hydrogen) atoms. The quantitative estimate of drug-likeness (QED) is 0.573. The Kier molecular flexibility index (Phi) is 6.06. The first-order valence-electron chi connectivity index (χ1n) is 9.43. The standard InChI is InChI=1S/C19H23ClN4O6/c1-10-3-5-19(6-4-10)17(27)24(18(28)22-19)23-16(26)11-7-12(20)15(13(8-11)29-2)30-9-14(21)25/h7-8,10H,3-6,9H2,1-2H3,(H2,21,25)(H,22,28)(H,23,26). The van der Waals surface area contributed by atoms with Crippen LogP contribution in [0, 0.1) is 5.92 Å². The fraction of sp³-hybridized carbons (Fsp3) is 0.474. The van der Waals surface area contributed by atoms with Gasteiger partial charge in [0.15, 0.2) is 18.1 Å². The zero-order valence-corrected chi connectivity index (χ0v) is 17.4. The molecule has 2 aliphatic rings. The molecule has 1 saturated carbocycles. The van der Waals surface area contributed by atoms with Crippen molar-refractivity contribution in [3.63, 3.8) is 0 Å². The number of carbonyl (C=O) groups excluding carboxylic acids is 4. The van der Waals surface area contributed by atoms with E-state index in [1.54, 1.807) is 0 Å². The lowest BCUT2D eigenvalue weighted by atomic mass is 9.77. The summed E-state index contributed by atoms with van der Waals surface area (Å²) >= 11 is 6.15. The summed E-state index contributed by atoms with van der Waals surface area (Å²) in [4.78, 5) is 48.9. The van der Waals surface area contributed by atoms with Crippen molar-refractivity contribution < 1.29 is 28.7 Å². The van der Waals surface area contributed by atoms with Gasteiger partial charge in [0.2, 0.25) is 0 Å². The lowest BCUT2D eigenvalue weighted by Gasteiger charge is -2.33. The summed E-state index contributed by atoms with van der Waals surface area (Å²) in [5.74, 6) is -1.31. The number of imide groups is 1. The normalized spacial score (nSPS) is 23.3. The fourth-order valence-electron chi connectivity index (χ4n) is 3.62. The molecule has 0 aromatic heterocycles. The largest absolute Gasteiger partial charge is 0.493 e. The predicted molar refractivity (Wildman–Crippen MR) is 106 cm³/mol. The van der Waals surface area contributed by atoms with Crippen molar-refractivity contribution >= 4 is 35.4 Å². The molecule has 1 aliphatic carbocycles. The van der Waals surface area contributed by atoms with Crippen LogP contribution in [-0.4, -0.2) is 48.0 Å². The zero-order chi connectivity index (χ0) is 22.1. The first kappa shape index (κ1) is 21.7. The van der Waals surface area contributed by atoms with Gasteiger partial charge in [0.05, 0.1) is 12.1 Å². The monoisotopic (exact) mass is 438 g/mol. The van der Waals surface area contributed by atoms with Crippen LogP contribution in [0.4, 0.5) is 4.79 Å². The highest BCUT2D eigenvalue weighted by Gasteiger charge is 2.53. The highest BCUT2D eigenvalue weighted by molar-refractivity contribution is 6.32. The van der Waals surface area contributed by atoms with E-state index in [2.05, 4.69) is 17.7 Å². The maximum Gasteiger partial charge on any atom is 0.344 e. The van der Waals surface area contributed by atoms with Gasteiger partial charge in [-0.2, -0.15) is 5.01 Å². The summed E-state index contributed by atoms with van der Waals surface area (Å²) in [7, 11) is 1.33. The third-order valence-electron chi connectivity index (χ3n) is 5.35. The Hall–Kier alpha value is -3.01. The van der Waals surface area contributed by atoms with Crippen LogP contribution in [0.3, 0.4) is 0 Å². The summed E-state index contributed by atoms with van der Waals surface area (Å²) in [5.41, 5.74) is 6.44. The number of benzene rings is 1. The molecule has 0 radical (unpaired) electrons. The van der Waals surface area contributed by atoms with E-state index in [1.807, 2.05) is 0 Å². The summed E-state index contributed by atoms with van der Waals surface area (Å²) in [5, 5.41) is 3.43. The van der Waals surface area contributed by atoms with E-state index < -0.39 is 35.9 Å². The average Bonchev–Trinajstić information content (AvgIpc) is 2.92. The summed E-state index contributed by atoms with van der Waals surface area (Å²) < 4.78 is 10.4. The molecule has 0 atom stereocenters. The number of methoxy groups -OCH3 is 1. The van der Waals surface area contributed by atoms with Crippen molar-refractivity contribution in [1.29, 1.82) is 0 Å². The maximum absolute atomic E-state index is 12.9. The third-order valence-corrected chi connectivity index (χ3v) is 5.63. The Labute approximate surface area is 178 Å². The molecule has 4 N–H and O–H groups in total. The van der Waals surface area contributed by atoms with Crippen molar-refractivity contribution in [2.45, 2.75) is 38.1 Å². The molecule has 1 aromatic rings. The van der Waals surface area contributed by atoms with Gasteiger partial charge in [0.25, 0.3) is 17.7 Å². The van der Waals surface area contributed by atoms with Crippen molar-refractivity contribution in [3.05, 3.63) is 22.7 Å². The topological polar surface area (TPSA) is 140 Å². The number of hydrazine groups is 1. The second-order valence-corrected chi connectivity index (χ2v) is 7.93. The number of halogens is 1. The number of nitrogens with one attached hydrogen (secondary N) is 2. The summed E-state index contributed by atoms with van der Waals surface area (Å²) in [6.07, 6.45) is 2.67. The highest BCUT2D eigenvalue weighted by Crippen LogP contribution is 2.37. The van der Waals surface area contributed by atoms with E-state index in [1.165, 1.54) is 19.2 Å². The number of hydrogen-bond acceptors (Lipinski definition) is 6. The van der Waals surface area contributed by atoms with Crippen LogP contribution < -0.4 is 25.9 Å². The second-order valence-electron chi connectivity index (χ2n) is 7.52. The first-order chi connectivity index (χ1) is 14.2. The van der Waals surface area contributed by atoms with E-state index in [0.29, 0.717) is 23.8 Å². The Bertz CT molecular complexity index is 897. The first-order valence-corrected chi connectivity index (χ1v) is 9.81. The third kappa shape index (κ3) is 4.13. The number of ether oxygens (including phenoxy) is 2. The Balaban J connectivity index is 1.77. The van der Waals surface area contributed by atoms with Crippen LogP contribution in [0.2, 0.25) is 5.02 Å². The molecule has 1 aromatic carbocycles. The minimum Gasteiger partial charge on any atom is -0.493 e. The maximum atomic E-state index is 12.9. The second kappa shape index (κ2) is 8.39. The molecule has 0 unspecified atom stereocenters. The van der Waals surface area contributed by atoms with Gasteiger partial charge in [-0.15, -0.1) is 0 Å². The van der Waals surface area contributed by atoms with Crippen LogP contribution in [0.25, 0.3) is 0 Å². The molecule has 11 heteroatoms. The highest BCUT2D eigenvalue weighted by atomic mass is 35.5. The van der Waals surface area contributed by atoms with Crippen molar-refractivity contribution in [2.75, 3.05) is 13.7 Å². The summed E-state index contributed by atoms with van der Waals surface area (Å²) in [6.45, 7) is 1.67. The molecule has 162 valence electrons. The molecule has 0 bridgehead atoms. The molecule has 3 rings (SSSR count). The van der Waals surface area contributed by atoms with Crippen molar-refractivity contribution in [3.8, 4) is 11.5 Å². The lowest BCUT2D eigenvalue weighted by Crippen LogP contribution is -2.51. The molecule has 2 fully saturated rings. The molecular weight excluding hydrogens is 416 g/mol. The number of carbonyl (C=O) groups is 4. The van der Waals surface area contributed by atoms with E-state index in [9.17, 15) is 19.2 Å². The van der Waals surface area contributed by atoms with E-state index in [-0.39, 0.29) is 22.1 Å². The van der Waals surface area contributed by atoms with Crippen LogP contribution in [0.5, 0.6) is 11.5 Å². The van der Waals surface area contributed by atoms with Gasteiger partial charge < -0.3 is 20.5 Å². The molecular formula is C19H23ClN4O6. The predicted octanol–water partition coefficient (Wildman–Crippen LogP) is 1.36. The van der Waals surface area contributed by atoms with Crippen molar-refractivity contribution in [2.24, 2.45) is 11.7 Å². The molecule has 1 saturated heterocycles. The number of hydrogen-bond donors (Lipinski definition) is 3. The van der Waals surface area contributed by atoms with Crippen LogP contribution >= 0.6 is 11.6 Å². The van der Waals surface area contributed by atoms with Gasteiger partial charge in [-0.25, -0.2) is 4.79 Å². The Morgan fingerprint density at radius 3 is 2.60 bits per heavy atom. The lowest BCUT2D eigenvalue weighted by molar-refractivity contribution is -0.134. The minimum absolute atomic E-state index is 0.00399. The molecule has 10 nitrogen and oxygen atoms in total.